The molecule has 4 heterocycles. The number of carbonyl (C=O) groups excluding carboxylic acids is 1. The molecule has 2 fully saturated rings. The van der Waals surface area contributed by atoms with Crippen molar-refractivity contribution in [3.63, 3.8) is 0 Å². The molecule has 0 aliphatic carbocycles. The van der Waals surface area contributed by atoms with Crippen LogP contribution in [-0.2, 0) is 16.6 Å². The third kappa shape index (κ3) is 4.28. The molecule has 6 rings (SSSR count). The lowest BCUT2D eigenvalue weighted by Gasteiger charge is -2.34. The number of nitrogens with two attached hydrogens (primary N) is 1. The fraction of sp³-hybridized carbons (Fsp3) is 0.345. The number of fused-ring (bicyclic) bond motifs is 2. The van der Waals surface area contributed by atoms with Gasteiger partial charge in [-0.1, -0.05) is 18.2 Å². The lowest BCUT2D eigenvalue weighted by molar-refractivity contribution is -0.137. The number of benzene rings is 2. The maximum Gasteiger partial charge on any atom is 0.416 e. The van der Waals surface area contributed by atoms with Crippen molar-refractivity contribution in [2.24, 2.45) is 0 Å². The number of hydrogen-bond donors (Lipinski definition) is 2. The molecule has 2 aliphatic heterocycles. The summed E-state index contributed by atoms with van der Waals surface area (Å²) in [5.74, 6) is 0.132. The number of piperidine rings is 1. The molecule has 0 bridgehead atoms. The fourth-order valence-corrected chi connectivity index (χ4v) is 6.02. The number of carbonyl (C=O) groups is 1. The van der Waals surface area contributed by atoms with Gasteiger partial charge in [-0.05, 0) is 61.6 Å². The summed E-state index contributed by atoms with van der Waals surface area (Å²) in [6.45, 7) is 1.84. The Morgan fingerprint density at radius 3 is 2.55 bits per heavy atom. The SMILES string of the molecule is CC(O)(c1cccc(C(F)(F)F)c1)c1ccc(-c2nc([C@@H]3CC[C@H]4CCC(=O)N4C3)n3ccnc(N)c23)c(F)c1. The van der Waals surface area contributed by atoms with Gasteiger partial charge in [-0.3, -0.25) is 9.20 Å². The van der Waals surface area contributed by atoms with E-state index in [1.807, 2.05) is 4.90 Å². The van der Waals surface area contributed by atoms with Crippen LogP contribution in [0.25, 0.3) is 16.8 Å². The van der Waals surface area contributed by atoms with E-state index in [1.54, 1.807) is 10.6 Å². The van der Waals surface area contributed by atoms with E-state index in [-0.39, 0.29) is 46.1 Å². The fourth-order valence-electron chi connectivity index (χ4n) is 6.02. The minimum atomic E-state index is -4.59. The van der Waals surface area contributed by atoms with E-state index in [0.29, 0.717) is 24.3 Å². The minimum absolute atomic E-state index is 0.0234. The topological polar surface area (TPSA) is 96.8 Å². The van der Waals surface area contributed by atoms with Gasteiger partial charge in [-0.15, -0.1) is 0 Å². The number of nitrogen functional groups attached to an aromatic ring is 1. The molecule has 0 spiro atoms. The molecule has 11 heteroatoms. The highest BCUT2D eigenvalue weighted by Crippen LogP contribution is 2.40. The molecule has 0 radical (unpaired) electrons. The Hall–Kier alpha value is -3.99. The molecule has 2 aromatic carbocycles. The highest BCUT2D eigenvalue weighted by Gasteiger charge is 2.39. The van der Waals surface area contributed by atoms with Gasteiger partial charge >= 0.3 is 6.18 Å². The molecular weight excluding hydrogens is 526 g/mol. The van der Waals surface area contributed by atoms with Crippen molar-refractivity contribution in [3.05, 3.63) is 83.2 Å². The van der Waals surface area contributed by atoms with Crippen LogP contribution < -0.4 is 5.73 Å². The van der Waals surface area contributed by atoms with Gasteiger partial charge in [-0.2, -0.15) is 13.2 Å². The van der Waals surface area contributed by atoms with Crippen molar-refractivity contribution in [2.75, 3.05) is 12.3 Å². The molecule has 1 amide bonds. The largest absolute Gasteiger partial charge is 0.416 e. The summed E-state index contributed by atoms with van der Waals surface area (Å²) in [6, 6.07) is 8.58. The van der Waals surface area contributed by atoms with Crippen LogP contribution in [0.1, 0.15) is 61.0 Å². The Balaban J connectivity index is 1.40. The van der Waals surface area contributed by atoms with Gasteiger partial charge in [0.15, 0.2) is 0 Å². The lowest BCUT2D eigenvalue weighted by atomic mass is 9.86. The number of alkyl halides is 3. The lowest BCUT2D eigenvalue weighted by Crippen LogP contribution is -2.41. The standard InChI is InChI=1S/C29H27F4N5O2/c1-28(40,17-3-2-4-19(13-17)29(31,32)33)18-6-9-21(22(30)14-18)24-25-26(34)35-11-12-37(25)27(36-24)16-5-7-20-8-10-23(39)38(20)15-16/h2-4,6,9,11-14,16,20,40H,5,7-8,10,15H2,1H3,(H2,34,35)/t16-,20+,28?/m1/s1. The van der Waals surface area contributed by atoms with E-state index < -0.39 is 23.2 Å². The molecule has 40 heavy (non-hydrogen) atoms. The molecule has 1 unspecified atom stereocenters. The third-order valence-corrected chi connectivity index (χ3v) is 8.23. The van der Waals surface area contributed by atoms with Crippen LogP contribution in [0.3, 0.4) is 0 Å². The number of amides is 1. The van der Waals surface area contributed by atoms with Crippen LogP contribution in [0.15, 0.2) is 54.9 Å². The maximum absolute atomic E-state index is 15.7. The van der Waals surface area contributed by atoms with E-state index >= 15 is 4.39 Å². The van der Waals surface area contributed by atoms with E-state index in [0.717, 1.165) is 37.5 Å². The molecule has 2 aliphatic rings. The first-order chi connectivity index (χ1) is 18.9. The zero-order valence-corrected chi connectivity index (χ0v) is 21.6. The van der Waals surface area contributed by atoms with Gasteiger partial charge in [0.1, 0.15) is 34.3 Å². The average molecular weight is 554 g/mol. The monoisotopic (exact) mass is 553 g/mol. The average Bonchev–Trinajstić information content (AvgIpc) is 3.49. The van der Waals surface area contributed by atoms with Crippen molar-refractivity contribution < 1.29 is 27.5 Å². The second kappa shape index (κ2) is 9.29. The van der Waals surface area contributed by atoms with Crippen LogP contribution in [0, 0.1) is 5.82 Å². The van der Waals surface area contributed by atoms with Gasteiger partial charge in [-0.25, -0.2) is 14.4 Å². The Morgan fingerprint density at radius 2 is 1.80 bits per heavy atom. The summed E-state index contributed by atoms with van der Waals surface area (Å²) in [4.78, 5) is 23.3. The zero-order valence-electron chi connectivity index (χ0n) is 21.6. The summed E-state index contributed by atoms with van der Waals surface area (Å²) in [7, 11) is 0. The normalized spacial score (nSPS) is 21.1. The van der Waals surface area contributed by atoms with Crippen molar-refractivity contribution in [3.8, 4) is 11.3 Å². The van der Waals surface area contributed by atoms with Crippen LogP contribution in [-0.4, -0.2) is 42.9 Å². The van der Waals surface area contributed by atoms with Gasteiger partial charge in [0.05, 0.1) is 5.56 Å². The van der Waals surface area contributed by atoms with Crippen LogP contribution in [0.5, 0.6) is 0 Å². The molecule has 3 N–H and O–H groups in total. The highest BCUT2D eigenvalue weighted by molar-refractivity contribution is 5.86. The van der Waals surface area contributed by atoms with Crippen molar-refractivity contribution in [1.82, 2.24) is 19.3 Å². The predicted octanol–water partition coefficient (Wildman–Crippen LogP) is 5.26. The number of aliphatic hydroxyl groups is 1. The van der Waals surface area contributed by atoms with E-state index in [1.165, 1.54) is 37.4 Å². The molecule has 3 atom stereocenters. The summed E-state index contributed by atoms with van der Waals surface area (Å²) in [5, 5.41) is 11.2. The Labute approximate surface area is 227 Å². The first kappa shape index (κ1) is 26.2. The number of aromatic nitrogens is 3. The van der Waals surface area contributed by atoms with E-state index in [2.05, 4.69) is 4.98 Å². The van der Waals surface area contributed by atoms with E-state index in [9.17, 15) is 23.1 Å². The van der Waals surface area contributed by atoms with Crippen LogP contribution >= 0.6 is 0 Å². The Bertz CT molecular complexity index is 1630. The van der Waals surface area contributed by atoms with Crippen molar-refractivity contribution in [2.45, 2.75) is 56.3 Å². The predicted molar refractivity (Wildman–Crippen MR) is 140 cm³/mol. The molecule has 208 valence electrons. The van der Waals surface area contributed by atoms with Gasteiger partial charge in [0, 0.05) is 42.9 Å². The number of imidazole rings is 1. The van der Waals surface area contributed by atoms with Gasteiger partial charge in [0.2, 0.25) is 5.91 Å². The number of halogens is 4. The smallest absolute Gasteiger partial charge is 0.382 e. The first-order valence-electron chi connectivity index (χ1n) is 13.1. The van der Waals surface area contributed by atoms with E-state index in [4.69, 9.17) is 10.7 Å². The van der Waals surface area contributed by atoms with Gasteiger partial charge < -0.3 is 15.7 Å². The number of anilines is 1. The second-order valence-electron chi connectivity index (χ2n) is 10.7. The molecule has 4 aromatic rings. The number of nitrogens with zero attached hydrogens (tertiary/aromatic N) is 4. The molecule has 0 saturated carbocycles. The van der Waals surface area contributed by atoms with Crippen molar-refractivity contribution >= 4 is 17.2 Å². The number of rotatable bonds is 4. The molecule has 7 nitrogen and oxygen atoms in total. The summed E-state index contributed by atoms with van der Waals surface area (Å²) >= 11 is 0. The van der Waals surface area contributed by atoms with Crippen molar-refractivity contribution in [1.29, 1.82) is 0 Å². The molecule has 2 saturated heterocycles. The quantitative estimate of drug-likeness (QED) is 0.336. The maximum atomic E-state index is 15.7. The number of hydrogen-bond acceptors (Lipinski definition) is 5. The Kier molecular flexibility index (Phi) is 6.10. The van der Waals surface area contributed by atoms with Crippen LogP contribution in [0.2, 0.25) is 0 Å². The Morgan fingerprint density at radius 1 is 1.05 bits per heavy atom. The molecule has 2 aromatic heterocycles. The summed E-state index contributed by atoms with van der Waals surface area (Å²) in [6.07, 6.45) is 1.74. The first-order valence-corrected chi connectivity index (χ1v) is 13.1. The summed E-state index contributed by atoms with van der Waals surface area (Å²) < 4.78 is 57.3. The van der Waals surface area contributed by atoms with Gasteiger partial charge in [0.25, 0.3) is 0 Å². The molecular formula is C29H27F4N5O2. The van der Waals surface area contributed by atoms with Crippen LogP contribution in [0.4, 0.5) is 23.4 Å². The second-order valence-corrected chi connectivity index (χ2v) is 10.7. The zero-order chi connectivity index (χ0) is 28.4. The third-order valence-electron chi connectivity index (χ3n) is 8.23. The summed E-state index contributed by atoms with van der Waals surface area (Å²) in [5.41, 5.74) is 4.26. The minimum Gasteiger partial charge on any atom is -0.382 e. The highest BCUT2D eigenvalue weighted by atomic mass is 19.4.